The van der Waals surface area contributed by atoms with Crippen LogP contribution in [0.5, 0.6) is 5.75 Å². The van der Waals surface area contributed by atoms with E-state index in [0.717, 1.165) is 17.0 Å². The number of methoxy groups -OCH3 is 1. The van der Waals surface area contributed by atoms with Crippen LogP contribution in [0.2, 0.25) is 0 Å². The molecule has 3 aromatic carbocycles. The molecule has 0 saturated carbocycles. The van der Waals surface area contributed by atoms with Gasteiger partial charge in [0, 0.05) is 11.1 Å². The molecule has 0 aliphatic heterocycles. The highest BCUT2D eigenvalue weighted by atomic mass is 16.5. The van der Waals surface area contributed by atoms with Gasteiger partial charge in [-0.15, -0.1) is 0 Å². The monoisotopic (exact) mass is 315 g/mol. The van der Waals surface area contributed by atoms with Crippen LogP contribution in [0.3, 0.4) is 0 Å². The van der Waals surface area contributed by atoms with Crippen LogP contribution in [0.4, 0.5) is 5.69 Å². The number of aliphatic imine (C=N–C) groups is 1. The van der Waals surface area contributed by atoms with Crippen LogP contribution in [0, 0.1) is 0 Å². The van der Waals surface area contributed by atoms with Gasteiger partial charge in [0.1, 0.15) is 11.5 Å². The summed E-state index contributed by atoms with van der Waals surface area (Å²) in [6, 6.07) is 26.0. The van der Waals surface area contributed by atoms with Gasteiger partial charge in [0.2, 0.25) is 5.78 Å². The summed E-state index contributed by atoms with van der Waals surface area (Å²) in [4.78, 5) is 17.5. The van der Waals surface area contributed by atoms with Crippen molar-refractivity contribution in [3.63, 3.8) is 0 Å². The molecule has 3 heteroatoms. The summed E-state index contributed by atoms with van der Waals surface area (Å²) in [7, 11) is 1.61. The number of Topliss-reactive ketones (excluding diaryl/α,β-unsaturated/α-hetero) is 1. The summed E-state index contributed by atoms with van der Waals surface area (Å²) >= 11 is 0. The lowest BCUT2D eigenvalue weighted by Gasteiger charge is -2.08. The second-order valence-corrected chi connectivity index (χ2v) is 5.22. The normalized spacial score (nSPS) is 11.1. The third kappa shape index (κ3) is 3.58. The summed E-state index contributed by atoms with van der Waals surface area (Å²) in [6.45, 7) is 0. The third-order valence-corrected chi connectivity index (χ3v) is 3.61. The predicted molar refractivity (Wildman–Crippen MR) is 96.4 cm³/mol. The van der Waals surface area contributed by atoms with Crippen LogP contribution in [0.25, 0.3) is 0 Å². The molecular weight excluding hydrogens is 298 g/mol. The minimum absolute atomic E-state index is 0.107. The zero-order valence-electron chi connectivity index (χ0n) is 13.3. The molecule has 0 aliphatic carbocycles. The van der Waals surface area contributed by atoms with Crippen molar-refractivity contribution in [1.29, 1.82) is 0 Å². The topological polar surface area (TPSA) is 38.7 Å². The molecular formula is C21H17NO2. The van der Waals surface area contributed by atoms with Crippen molar-refractivity contribution in [2.45, 2.75) is 0 Å². The standard InChI is InChI=1S/C21H17NO2/c1-24-19-14-12-16(13-15-19)20(22-18-10-6-3-7-11-18)21(23)17-8-4-2-5-9-17/h2-15H,1H3. The van der Waals surface area contributed by atoms with Crippen LogP contribution >= 0.6 is 0 Å². The highest BCUT2D eigenvalue weighted by Gasteiger charge is 2.16. The molecule has 3 aromatic rings. The zero-order chi connectivity index (χ0) is 16.8. The van der Waals surface area contributed by atoms with Crippen LogP contribution in [-0.4, -0.2) is 18.6 Å². The van der Waals surface area contributed by atoms with Crippen LogP contribution in [0.1, 0.15) is 15.9 Å². The SMILES string of the molecule is COc1ccc(C(=Nc2ccccc2)C(=O)c2ccccc2)cc1. The molecule has 3 rings (SSSR count). The molecule has 0 heterocycles. The summed E-state index contributed by atoms with van der Waals surface area (Å²) in [5.74, 6) is 0.634. The van der Waals surface area contributed by atoms with Gasteiger partial charge in [-0.3, -0.25) is 4.79 Å². The summed E-state index contributed by atoms with van der Waals surface area (Å²) in [5.41, 5.74) is 2.53. The Morgan fingerprint density at radius 3 is 1.92 bits per heavy atom. The van der Waals surface area contributed by atoms with Crippen molar-refractivity contribution in [2.75, 3.05) is 7.11 Å². The van der Waals surface area contributed by atoms with Gasteiger partial charge < -0.3 is 4.74 Å². The number of nitrogens with zero attached hydrogens (tertiary/aromatic N) is 1. The highest BCUT2D eigenvalue weighted by molar-refractivity contribution is 6.51. The molecule has 118 valence electrons. The Morgan fingerprint density at radius 2 is 1.33 bits per heavy atom. The second-order valence-electron chi connectivity index (χ2n) is 5.22. The zero-order valence-corrected chi connectivity index (χ0v) is 13.3. The average molecular weight is 315 g/mol. The number of rotatable bonds is 5. The molecule has 3 nitrogen and oxygen atoms in total. The van der Waals surface area contributed by atoms with E-state index in [9.17, 15) is 4.79 Å². The van der Waals surface area contributed by atoms with E-state index in [1.807, 2.05) is 72.8 Å². The van der Waals surface area contributed by atoms with E-state index in [1.165, 1.54) is 0 Å². The Hall–Kier alpha value is -3.20. The van der Waals surface area contributed by atoms with Gasteiger partial charge in [-0.1, -0.05) is 48.5 Å². The Balaban J connectivity index is 2.06. The van der Waals surface area contributed by atoms with Crippen LogP contribution in [-0.2, 0) is 0 Å². The lowest BCUT2D eigenvalue weighted by Crippen LogP contribution is -2.15. The lowest BCUT2D eigenvalue weighted by molar-refractivity contribution is 0.106. The molecule has 0 amide bonds. The first-order valence-corrected chi connectivity index (χ1v) is 7.66. The first-order valence-electron chi connectivity index (χ1n) is 7.66. The average Bonchev–Trinajstić information content (AvgIpc) is 2.67. The number of ether oxygens (including phenoxy) is 1. The number of benzene rings is 3. The quantitative estimate of drug-likeness (QED) is 0.505. The number of carbonyl (C=O) groups is 1. The Labute approximate surface area is 141 Å². The Kier molecular flexibility index (Phi) is 4.82. The van der Waals surface area contributed by atoms with E-state index in [-0.39, 0.29) is 5.78 Å². The van der Waals surface area contributed by atoms with Crippen LogP contribution in [0.15, 0.2) is 89.9 Å². The van der Waals surface area contributed by atoms with E-state index in [1.54, 1.807) is 19.2 Å². The van der Waals surface area contributed by atoms with Crippen molar-refractivity contribution in [2.24, 2.45) is 4.99 Å². The van der Waals surface area contributed by atoms with Gasteiger partial charge in [0.05, 0.1) is 12.8 Å². The number of carbonyl (C=O) groups excluding carboxylic acids is 1. The molecule has 0 spiro atoms. The molecule has 0 saturated heterocycles. The Bertz CT molecular complexity index is 838. The van der Waals surface area contributed by atoms with Gasteiger partial charge in [0.25, 0.3) is 0 Å². The van der Waals surface area contributed by atoms with Gasteiger partial charge in [0.15, 0.2) is 0 Å². The third-order valence-electron chi connectivity index (χ3n) is 3.61. The maximum atomic E-state index is 12.9. The van der Waals surface area contributed by atoms with E-state index >= 15 is 0 Å². The number of para-hydroxylation sites is 1. The number of hydrogen-bond acceptors (Lipinski definition) is 3. The van der Waals surface area contributed by atoms with Gasteiger partial charge in [-0.25, -0.2) is 4.99 Å². The predicted octanol–water partition coefficient (Wildman–Crippen LogP) is 4.70. The van der Waals surface area contributed by atoms with Gasteiger partial charge in [-0.2, -0.15) is 0 Å². The molecule has 0 fully saturated rings. The van der Waals surface area contributed by atoms with Crippen molar-refractivity contribution in [3.05, 3.63) is 96.1 Å². The first-order chi connectivity index (χ1) is 11.8. The summed E-state index contributed by atoms with van der Waals surface area (Å²) in [5, 5.41) is 0. The lowest BCUT2D eigenvalue weighted by atomic mass is 10.0. The highest BCUT2D eigenvalue weighted by Crippen LogP contribution is 2.18. The molecule has 0 atom stereocenters. The van der Waals surface area contributed by atoms with Gasteiger partial charge >= 0.3 is 0 Å². The molecule has 24 heavy (non-hydrogen) atoms. The molecule has 0 N–H and O–H groups in total. The molecule has 0 aliphatic rings. The maximum absolute atomic E-state index is 12.9. The largest absolute Gasteiger partial charge is 0.497 e. The Morgan fingerprint density at radius 1 is 0.750 bits per heavy atom. The molecule has 0 bridgehead atoms. The summed E-state index contributed by atoms with van der Waals surface area (Å²) < 4.78 is 5.19. The van der Waals surface area contributed by atoms with Crippen molar-refractivity contribution in [3.8, 4) is 5.75 Å². The minimum atomic E-state index is -0.107. The van der Waals surface area contributed by atoms with E-state index < -0.39 is 0 Å². The molecule has 0 aromatic heterocycles. The minimum Gasteiger partial charge on any atom is -0.497 e. The van der Waals surface area contributed by atoms with Crippen molar-refractivity contribution in [1.82, 2.24) is 0 Å². The number of hydrogen-bond donors (Lipinski definition) is 0. The maximum Gasteiger partial charge on any atom is 0.211 e. The number of ketones is 1. The van der Waals surface area contributed by atoms with Crippen molar-refractivity contribution >= 4 is 17.2 Å². The fourth-order valence-electron chi connectivity index (χ4n) is 2.35. The molecule has 0 unspecified atom stereocenters. The van der Waals surface area contributed by atoms with Crippen molar-refractivity contribution < 1.29 is 9.53 Å². The fourth-order valence-corrected chi connectivity index (χ4v) is 2.35. The fraction of sp³-hybridized carbons (Fsp3) is 0.0476. The van der Waals surface area contributed by atoms with E-state index in [0.29, 0.717) is 11.3 Å². The van der Waals surface area contributed by atoms with Crippen LogP contribution < -0.4 is 4.74 Å². The molecule has 0 radical (unpaired) electrons. The van der Waals surface area contributed by atoms with E-state index in [2.05, 4.69) is 4.99 Å². The summed E-state index contributed by atoms with van der Waals surface area (Å²) in [6.07, 6.45) is 0. The van der Waals surface area contributed by atoms with Gasteiger partial charge in [-0.05, 0) is 36.4 Å². The first kappa shape index (κ1) is 15.7. The van der Waals surface area contributed by atoms with E-state index in [4.69, 9.17) is 4.74 Å². The second kappa shape index (κ2) is 7.38. The smallest absolute Gasteiger partial charge is 0.211 e.